The summed E-state index contributed by atoms with van der Waals surface area (Å²) in [6.45, 7) is 5.18. The van der Waals surface area contributed by atoms with Crippen LogP contribution in [-0.2, 0) is 22.6 Å². The first kappa shape index (κ1) is 27.5. The number of nitrogens with zero attached hydrogens (tertiary/aromatic N) is 1. The fourth-order valence-corrected chi connectivity index (χ4v) is 4.09. The Bertz CT molecular complexity index is 1200. The maximum Gasteiger partial charge on any atom is 0.261 e. The summed E-state index contributed by atoms with van der Waals surface area (Å²) in [5.74, 6) is -1.44. The summed E-state index contributed by atoms with van der Waals surface area (Å²) in [5, 5.41) is 3.80. The van der Waals surface area contributed by atoms with E-state index in [1.807, 2.05) is 51.1 Å². The Morgan fingerprint density at radius 3 is 2.31 bits per heavy atom. The van der Waals surface area contributed by atoms with E-state index in [1.165, 1.54) is 23.1 Å². The Hall–Kier alpha value is -3.09. The highest BCUT2D eigenvalue weighted by atomic mass is 35.5. The molecule has 36 heavy (non-hydrogen) atoms. The summed E-state index contributed by atoms with van der Waals surface area (Å²) in [4.78, 5) is 28.5. The monoisotopic (exact) mass is 530 g/mol. The van der Waals surface area contributed by atoms with E-state index in [4.69, 9.17) is 27.9 Å². The molecule has 190 valence electrons. The maximum atomic E-state index is 14.1. The molecule has 0 saturated carbocycles. The number of benzene rings is 3. The van der Waals surface area contributed by atoms with Gasteiger partial charge in [-0.25, -0.2) is 4.39 Å². The van der Waals surface area contributed by atoms with Gasteiger partial charge in [0.05, 0.1) is 0 Å². The standard InChI is InChI=1S/C28H29Cl2FN2O3/c1-28(2,3)32-27(35)24(15-19-9-5-4-6-10-19)33(17-20-13-14-21(29)16-22(20)30)26(34)18-36-25-12-8-7-11-23(25)31/h4-14,16,24H,15,17-18H2,1-3H3,(H,32,35)/t24-/m0/s1. The molecule has 1 N–H and O–H groups in total. The van der Waals surface area contributed by atoms with E-state index >= 15 is 0 Å². The van der Waals surface area contributed by atoms with Gasteiger partial charge < -0.3 is 15.0 Å². The number of para-hydroxylation sites is 1. The summed E-state index contributed by atoms with van der Waals surface area (Å²) in [5.41, 5.74) is 0.964. The molecule has 0 heterocycles. The van der Waals surface area contributed by atoms with Gasteiger partial charge in [0.15, 0.2) is 18.2 Å². The largest absolute Gasteiger partial charge is 0.481 e. The average Bonchev–Trinajstić information content (AvgIpc) is 2.81. The lowest BCUT2D eigenvalue weighted by molar-refractivity contribution is -0.143. The van der Waals surface area contributed by atoms with Gasteiger partial charge in [0.1, 0.15) is 6.04 Å². The van der Waals surface area contributed by atoms with E-state index in [9.17, 15) is 14.0 Å². The van der Waals surface area contributed by atoms with E-state index in [2.05, 4.69) is 5.32 Å². The fourth-order valence-electron chi connectivity index (χ4n) is 3.62. The summed E-state index contributed by atoms with van der Waals surface area (Å²) in [6.07, 6.45) is 0.263. The minimum atomic E-state index is -0.880. The van der Waals surface area contributed by atoms with E-state index in [1.54, 1.807) is 24.3 Å². The molecular weight excluding hydrogens is 502 g/mol. The minimum Gasteiger partial charge on any atom is -0.481 e. The van der Waals surface area contributed by atoms with Crippen molar-refractivity contribution in [1.29, 1.82) is 0 Å². The molecule has 1 atom stereocenters. The van der Waals surface area contributed by atoms with Gasteiger partial charge in [0.25, 0.3) is 5.91 Å². The average molecular weight is 531 g/mol. The topological polar surface area (TPSA) is 58.6 Å². The summed E-state index contributed by atoms with van der Waals surface area (Å²) in [7, 11) is 0. The normalized spacial score (nSPS) is 12.1. The van der Waals surface area contributed by atoms with Crippen molar-refractivity contribution < 1.29 is 18.7 Å². The number of carbonyl (C=O) groups is 2. The lowest BCUT2D eigenvalue weighted by Crippen LogP contribution is -2.55. The van der Waals surface area contributed by atoms with Crippen LogP contribution in [0.4, 0.5) is 4.39 Å². The van der Waals surface area contributed by atoms with Gasteiger partial charge in [-0.15, -0.1) is 0 Å². The molecule has 0 aliphatic carbocycles. The number of rotatable bonds is 9. The Balaban J connectivity index is 1.97. The minimum absolute atomic E-state index is 0.0323. The lowest BCUT2D eigenvalue weighted by atomic mass is 10.0. The summed E-state index contributed by atoms with van der Waals surface area (Å²) < 4.78 is 19.6. The van der Waals surface area contributed by atoms with Crippen LogP contribution in [0.1, 0.15) is 31.9 Å². The van der Waals surface area contributed by atoms with Gasteiger partial charge in [-0.2, -0.15) is 0 Å². The van der Waals surface area contributed by atoms with Gasteiger partial charge in [-0.1, -0.05) is 71.7 Å². The van der Waals surface area contributed by atoms with Crippen molar-refractivity contribution in [3.63, 3.8) is 0 Å². The molecule has 2 amide bonds. The molecule has 3 rings (SSSR count). The van der Waals surface area contributed by atoms with E-state index in [-0.39, 0.29) is 24.6 Å². The highest BCUT2D eigenvalue weighted by Gasteiger charge is 2.33. The Morgan fingerprint density at radius 1 is 1.00 bits per heavy atom. The molecular formula is C28H29Cl2FN2O3. The van der Waals surface area contributed by atoms with Crippen molar-refractivity contribution in [2.24, 2.45) is 0 Å². The van der Waals surface area contributed by atoms with Gasteiger partial charge in [0.2, 0.25) is 5.91 Å². The molecule has 8 heteroatoms. The van der Waals surface area contributed by atoms with Crippen LogP contribution >= 0.6 is 23.2 Å². The second kappa shape index (κ2) is 12.2. The van der Waals surface area contributed by atoms with Crippen molar-refractivity contribution >= 4 is 35.0 Å². The SMILES string of the molecule is CC(C)(C)NC(=O)[C@H](Cc1ccccc1)N(Cc1ccc(Cl)cc1Cl)C(=O)COc1ccccc1F. The predicted molar refractivity (Wildman–Crippen MR) is 141 cm³/mol. The smallest absolute Gasteiger partial charge is 0.261 e. The van der Waals surface area contributed by atoms with Gasteiger partial charge in [-0.3, -0.25) is 9.59 Å². The van der Waals surface area contributed by atoms with E-state index in [0.29, 0.717) is 15.6 Å². The first-order valence-corrected chi connectivity index (χ1v) is 12.3. The van der Waals surface area contributed by atoms with Crippen molar-refractivity contribution in [1.82, 2.24) is 10.2 Å². The molecule has 0 spiro atoms. The highest BCUT2D eigenvalue weighted by Crippen LogP contribution is 2.25. The van der Waals surface area contributed by atoms with Crippen LogP contribution in [0.5, 0.6) is 5.75 Å². The third kappa shape index (κ3) is 7.97. The van der Waals surface area contributed by atoms with Crippen LogP contribution < -0.4 is 10.1 Å². The molecule has 0 aliphatic heterocycles. The predicted octanol–water partition coefficient (Wildman–Crippen LogP) is 6.07. The zero-order valence-corrected chi connectivity index (χ0v) is 21.9. The Morgan fingerprint density at radius 2 is 1.67 bits per heavy atom. The Labute approximate surface area is 221 Å². The lowest BCUT2D eigenvalue weighted by Gasteiger charge is -2.34. The van der Waals surface area contributed by atoms with Crippen molar-refractivity contribution in [2.45, 2.75) is 45.3 Å². The van der Waals surface area contributed by atoms with Gasteiger partial charge in [0, 0.05) is 28.5 Å². The van der Waals surface area contributed by atoms with Crippen LogP contribution in [0.25, 0.3) is 0 Å². The van der Waals surface area contributed by atoms with Crippen molar-refractivity contribution in [3.8, 4) is 5.75 Å². The summed E-state index contributed by atoms with van der Waals surface area (Å²) in [6, 6.07) is 19.3. The zero-order valence-electron chi connectivity index (χ0n) is 20.4. The van der Waals surface area contributed by atoms with Crippen molar-refractivity contribution in [2.75, 3.05) is 6.61 Å². The molecule has 0 aromatic heterocycles. The molecule has 0 unspecified atom stereocenters. The van der Waals surface area contributed by atoms with E-state index < -0.39 is 29.9 Å². The number of hydrogen-bond acceptors (Lipinski definition) is 3. The Kier molecular flexibility index (Phi) is 9.35. The quantitative estimate of drug-likeness (QED) is 0.365. The zero-order chi connectivity index (χ0) is 26.3. The van der Waals surface area contributed by atoms with Crippen LogP contribution in [-0.4, -0.2) is 34.9 Å². The van der Waals surface area contributed by atoms with Crippen LogP contribution in [0.3, 0.4) is 0 Å². The molecule has 5 nitrogen and oxygen atoms in total. The highest BCUT2D eigenvalue weighted by molar-refractivity contribution is 6.35. The van der Waals surface area contributed by atoms with Crippen molar-refractivity contribution in [3.05, 3.63) is 99.8 Å². The molecule has 3 aromatic carbocycles. The first-order chi connectivity index (χ1) is 17.0. The fraction of sp³-hybridized carbons (Fsp3) is 0.286. The number of ether oxygens (including phenoxy) is 1. The second-order valence-corrected chi connectivity index (χ2v) is 10.3. The summed E-state index contributed by atoms with van der Waals surface area (Å²) >= 11 is 12.5. The van der Waals surface area contributed by atoms with Crippen LogP contribution in [0.2, 0.25) is 10.0 Å². The second-order valence-electron chi connectivity index (χ2n) is 9.42. The third-order valence-electron chi connectivity index (χ3n) is 5.31. The molecule has 0 saturated heterocycles. The molecule has 3 aromatic rings. The molecule has 0 bridgehead atoms. The molecule has 0 radical (unpaired) electrons. The van der Waals surface area contributed by atoms with Crippen LogP contribution in [0, 0.1) is 5.82 Å². The number of halogens is 3. The van der Waals surface area contributed by atoms with Crippen LogP contribution in [0.15, 0.2) is 72.8 Å². The van der Waals surface area contributed by atoms with Gasteiger partial charge in [-0.05, 0) is 56.2 Å². The third-order valence-corrected chi connectivity index (χ3v) is 5.90. The number of hydrogen-bond donors (Lipinski definition) is 1. The number of carbonyl (C=O) groups excluding carboxylic acids is 2. The first-order valence-electron chi connectivity index (χ1n) is 11.5. The van der Waals surface area contributed by atoms with E-state index in [0.717, 1.165) is 5.56 Å². The molecule has 0 aliphatic rings. The maximum absolute atomic E-state index is 14.1. The van der Waals surface area contributed by atoms with Gasteiger partial charge >= 0.3 is 0 Å². The molecule has 0 fully saturated rings. The number of nitrogens with one attached hydrogen (secondary N) is 1. The number of amides is 2.